The first-order valence-corrected chi connectivity index (χ1v) is 6.05. The zero-order chi connectivity index (χ0) is 11.8. The van der Waals surface area contributed by atoms with Gasteiger partial charge in [0, 0.05) is 30.9 Å². The number of piperazine rings is 1. The van der Waals surface area contributed by atoms with Gasteiger partial charge in [0.15, 0.2) is 0 Å². The van der Waals surface area contributed by atoms with Gasteiger partial charge in [-0.1, -0.05) is 17.7 Å². The van der Waals surface area contributed by atoms with E-state index in [1.807, 2.05) is 0 Å². The van der Waals surface area contributed by atoms with Crippen LogP contribution in [0.15, 0.2) is 18.2 Å². The number of nitrogens with zero attached hydrogens (tertiary/aromatic N) is 1. The fourth-order valence-corrected chi connectivity index (χ4v) is 2.51. The van der Waals surface area contributed by atoms with E-state index in [0.29, 0.717) is 0 Å². The molecule has 2 rings (SSSR count). The summed E-state index contributed by atoms with van der Waals surface area (Å²) in [5.74, 6) is 0. The zero-order valence-corrected chi connectivity index (χ0v) is 10.8. The van der Waals surface area contributed by atoms with Crippen molar-refractivity contribution < 1.29 is 0 Å². The lowest BCUT2D eigenvalue weighted by molar-refractivity contribution is 0.353. The summed E-state index contributed by atoms with van der Waals surface area (Å²) in [5.41, 5.74) is 4.34. The number of hydrogen-bond acceptors (Lipinski definition) is 2. The molecule has 0 spiro atoms. The van der Waals surface area contributed by atoms with E-state index in [2.05, 4.69) is 56.1 Å². The van der Waals surface area contributed by atoms with Crippen LogP contribution in [0, 0.1) is 13.8 Å². The standard InChI is InChI=1S/C14H22N2/c1-11-5-6-13(12(2)9-11)16-8-7-15-14(3,4)10-16/h5-6,9,15H,7-8,10H2,1-4H3. The summed E-state index contributed by atoms with van der Waals surface area (Å²) in [6.07, 6.45) is 0. The Hall–Kier alpha value is -1.02. The highest BCUT2D eigenvalue weighted by Gasteiger charge is 2.26. The molecule has 0 amide bonds. The van der Waals surface area contributed by atoms with Crippen LogP contribution < -0.4 is 10.2 Å². The number of hydrogen-bond donors (Lipinski definition) is 1. The van der Waals surface area contributed by atoms with Gasteiger partial charge in [0.2, 0.25) is 0 Å². The molecule has 2 heteroatoms. The van der Waals surface area contributed by atoms with Crippen LogP contribution in [-0.4, -0.2) is 25.2 Å². The lowest BCUT2D eigenvalue weighted by Crippen LogP contribution is -2.57. The Balaban J connectivity index is 2.23. The summed E-state index contributed by atoms with van der Waals surface area (Å²) >= 11 is 0. The lowest BCUT2D eigenvalue weighted by Gasteiger charge is -2.41. The summed E-state index contributed by atoms with van der Waals surface area (Å²) in [4.78, 5) is 2.49. The fraction of sp³-hybridized carbons (Fsp3) is 0.571. The second-order valence-corrected chi connectivity index (χ2v) is 5.52. The highest BCUT2D eigenvalue weighted by molar-refractivity contribution is 5.55. The lowest BCUT2D eigenvalue weighted by atomic mass is 10.0. The molecule has 0 aromatic heterocycles. The van der Waals surface area contributed by atoms with Crippen LogP contribution in [0.25, 0.3) is 0 Å². The maximum absolute atomic E-state index is 3.55. The molecule has 0 aliphatic carbocycles. The molecule has 1 saturated heterocycles. The molecule has 0 unspecified atom stereocenters. The van der Waals surface area contributed by atoms with Gasteiger partial charge in [0.05, 0.1) is 0 Å². The maximum Gasteiger partial charge on any atom is 0.0397 e. The van der Waals surface area contributed by atoms with Gasteiger partial charge in [-0.25, -0.2) is 0 Å². The molecule has 1 fully saturated rings. The molecular formula is C14H22N2. The van der Waals surface area contributed by atoms with Crippen LogP contribution in [0.4, 0.5) is 5.69 Å². The van der Waals surface area contributed by atoms with E-state index in [0.717, 1.165) is 19.6 Å². The molecule has 1 heterocycles. The van der Waals surface area contributed by atoms with E-state index in [1.54, 1.807) is 0 Å². The Morgan fingerprint density at radius 3 is 2.62 bits per heavy atom. The van der Waals surface area contributed by atoms with Gasteiger partial charge in [0.1, 0.15) is 0 Å². The maximum atomic E-state index is 3.55. The topological polar surface area (TPSA) is 15.3 Å². The molecule has 88 valence electrons. The van der Waals surface area contributed by atoms with Crippen molar-refractivity contribution in [2.45, 2.75) is 33.2 Å². The predicted molar refractivity (Wildman–Crippen MR) is 70.2 cm³/mol. The second-order valence-electron chi connectivity index (χ2n) is 5.52. The summed E-state index contributed by atoms with van der Waals surface area (Å²) in [5, 5.41) is 3.55. The number of benzene rings is 1. The molecule has 0 bridgehead atoms. The average molecular weight is 218 g/mol. The van der Waals surface area contributed by atoms with E-state index in [4.69, 9.17) is 0 Å². The molecular weight excluding hydrogens is 196 g/mol. The quantitative estimate of drug-likeness (QED) is 0.779. The van der Waals surface area contributed by atoms with Crippen LogP contribution in [0.5, 0.6) is 0 Å². The average Bonchev–Trinajstić information content (AvgIpc) is 2.15. The predicted octanol–water partition coefficient (Wildman–Crippen LogP) is 2.49. The van der Waals surface area contributed by atoms with Crippen molar-refractivity contribution in [2.24, 2.45) is 0 Å². The summed E-state index contributed by atoms with van der Waals surface area (Å²) in [7, 11) is 0. The van der Waals surface area contributed by atoms with Crippen molar-refractivity contribution in [1.29, 1.82) is 0 Å². The third-order valence-electron chi connectivity index (χ3n) is 3.26. The molecule has 1 aromatic rings. The van der Waals surface area contributed by atoms with E-state index >= 15 is 0 Å². The Bertz CT molecular complexity index is 382. The molecule has 2 nitrogen and oxygen atoms in total. The van der Waals surface area contributed by atoms with Gasteiger partial charge in [0.25, 0.3) is 0 Å². The van der Waals surface area contributed by atoms with Crippen LogP contribution >= 0.6 is 0 Å². The van der Waals surface area contributed by atoms with Crippen LogP contribution in [0.1, 0.15) is 25.0 Å². The van der Waals surface area contributed by atoms with E-state index in [-0.39, 0.29) is 5.54 Å². The van der Waals surface area contributed by atoms with Crippen molar-refractivity contribution in [1.82, 2.24) is 5.32 Å². The van der Waals surface area contributed by atoms with Crippen LogP contribution in [0.3, 0.4) is 0 Å². The fourth-order valence-electron chi connectivity index (χ4n) is 2.51. The number of aryl methyl sites for hydroxylation is 2. The smallest absolute Gasteiger partial charge is 0.0397 e. The number of anilines is 1. The van der Waals surface area contributed by atoms with Crippen molar-refractivity contribution >= 4 is 5.69 Å². The Labute approximate surface area is 98.7 Å². The van der Waals surface area contributed by atoms with Crippen molar-refractivity contribution in [3.05, 3.63) is 29.3 Å². The second kappa shape index (κ2) is 4.10. The Morgan fingerprint density at radius 2 is 2.00 bits per heavy atom. The van der Waals surface area contributed by atoms with Gasteiger partial charge in [-0.3, -0.25) is 0 Å². The third-order valence-corrected chi connectivity index (χ3v) is 3.26. The Kier molecular flexibility index (Phi) is 2.94. The SMILES string of the molecule is Cc1ccc(N2CCNC(C)(C)C2)c(C)c1. The minimum atomic E-state index is 0.218. The summed E-state index contributed by atoms with van der Waals surface area (Å²) in [6.45, 7) is 12.1. The van der Waals surface area contributed by atoms with Gasteiger partial charge in [-0.2, -0.15) is 0 Å². The van der Waals surface area contributed by atoms with Crippen LogP contribution in [0.2, 0.25) is 0 Å². The van der Waals surface area contributed by atoms with Crippen LogP contribution in [-0.2, 0) is 0 Å². The molecule has 0 atom stereocenters. The van der Waals surface area contributed by atoms with Crippen molar-refractivity contribution in [3.63, 3.8) is 0 Å². The molecule has 0 saturated carbocycles. The molecule has 0 radical (unpaired) electrons. The largest absolute Gasteiger partial charge is 0.368 e. The molecule has 1 N–H and O–H groups in total. The van der Waals surface area contributed by atoms with Crippen molar-refractivity contribution in [3.8, 4) is 0 Å². The van der Waals surface area contributed by atoms with E-state index in [1.165, 1.54) is 16.8 Å². The first-order valence-electron chi connectivity index (χ1n) is 6.05. The number of nitrogens with one attached hydrogen (secondary N) is 1. The van der Waals surface area contributed by atoms with E-state index < -0.39 is 0 Å². The Morgan fingerprint density at radius 1 is 1.25 bits per heavy atom. The van der Waals surface area contributed by atoms with Gasteiger partial charge < -0.3 is 10.2 Å². The first kappa shape index (κ1) is 11.5. The summed E-state index contributed by atoms with van der Waals surface area (Å²) < 4.78 is 0. The molecule has 1 aliphatic heterocycles. The first-order chi connectivity index (χ1) is 7.48. The minimum Gasteiger partial charge on any atom is -0.368 e. The zero-order valence-electron chi connectivity index (χ0n) is 10.8. The monoisotopic (exact) mass is 218 g/mol. The minimum absolute atomic E-state index is 0.218. The highest BCUT2D eigenvalue weighted by atomic mass is 15.2. The van der Waals surface area contributed by atoms with Crippen molar-refractivity contribution in [2.75, 3.05) is 24.5 Å². The van der Waals surface area contributed by atoms with E-state index in [9.17, 15) is 0 Å². The van der Waals surface area contributed by atoms with Gasteiger partial charge >= 0.3 is 0 Å². The third kappa shape index (κ3) is 2.38. The molecule has 16 heavy (non-hydrogen) atoms. The highest BCUT2D eigenvalue weighted by Crippen LogP contribution is 2.24. The molecule has 1 aromatic carbocycles. The summed E-state index contributed by atoms with van der Waals surface area (Å²) in [6, 6.07) is 6.73. The number of rotatable bonds is 1. The molecule has 1 aliphatic rings. The van der Waals surface area contributed by atoms with Gasteiger partial charge in [-0.15, -0.1) is 0 Å². The normalized spacial score (nSPS) is 19.9. The van der Waals surface area contributed by atoms with Gasteiger partial charge in [-0.05, 0) is 39.3 Å².